The summed E-state index contributed by atoms with van der Waals surface area (Å²) in [4.78, 5) is 0. The molecule has 1 N–H and O–H groups in total. The highest BCUT2D eigenvalue weighted by Gasteiger charge is 2.10. The summed E-state index contributed by atoms with van der Waals surface area (Å²) in [5, 5.41) is 4.69. The predicted molar refractivity (Wildman–Crippen MR) is 90.5 cm³/mol. The summed E-state index contributed by atoms with van der Waals surface area (Å²) in [6.45, 7) is 4.25. The molecule has 0 spiro atoms. The maximum atomic E-state index is 6.20. The van der Waals surface area contributed by atoms with E-state index in [1.807, 2.05) is 13.0 Å². The highest BCUT2D eigenvalue weighted by atomic mass is 35.5. The van der Waals surface area contributed by atoms with Crippen molar-refractivity contribution in [3.8, 4) is 5.75 Å². The van der Waals surface area contributed by atoms with Crippen LogP contribution in [-0.2, 0) is 6.54 Å². The van der Waals surface area contributed by atoms with Crippen LogP contribution in [0.4, 0.5) is 0 Å². The quantitative estimate of drug-likeness (QED) is 0.536. The second-order valence-electron chi connectivity index (χ2n) is 5.34. The molecule has 1 aromatic carbocycles. The first-order valence-electron chi connectivity index (χ1n) is 7.70. The third-order valence-electron chi connectivity index (χ3n) is 3.70. The summed E-state index contributed by atoms with van der Waals surface area (Å²) in [6.07, 6.45) is 8.70. The second-order valence-corrected chi connectivity index (χ2v) is 6.19. The van der Waals surface area contributed by atoms with Crippen molar-refractivity contribution in [1.29, 1.82) is 0 Å². The molecule has 0 radical (unpaired) electrons. The molecule has 0 saturated heterocycles. The number of benzene rings is 1. The molecule has 4 heteroatoms. The van der Waals surface area contributed by atoms with Crippen LogP contribution in [0.1, 0.15) is 44.6 Å². The van der Waals surface area contributed by atoms with Gasteiger partial charge in [0.1, 0.15) is 5.75 Å². The maximum Gasteiger partial charge on any atom is 0.142 e. The van der Waals surface area contributed by atoms with Crippen molar-refractivity contribution in [2.24, 2.45) is 0 Å². The molecule has 116 valence electrons. The summed E-state index contributed by atoms with van der Waals surface area (Å²) in [6, 6.07) is 3.65. The van der Waals surface area contributed by atoms with Crippen molar-refractivity contribution in [3.63, 3.8) is 0 Å². The van der Waals surface area contributed by atoms with Crippen LogP contribution in [0.2, 0.25) is 10.0 Å². The van der Waals surface area contributed by atoms with Gasteiger partial charge in [-0.25, -0.2) is 0 Å². The molecule has 0 bridgehead atoms. The van der Waals surface area contributed by atoms with E-state index in [9.17, 15) is 0 Å². The lowest BCUT2D eigenvalue weighted by atomic mass is 9.97. The topological polar surface area (TPSA) is 21.3 Å². The minimum absolute atomic E-state index is 0.580. The van der Waals surface area contributed by atoms with E-state index in [1.165, 1.54) is 25.7 Å². The Balaban J connectivity index is 1.88. The molecule has 1 aliphatic rings. The number of nitrogens with one attached hydrogen (secondary N) is 1. The van der Waals surface area contributed by atoms with Gasteiger partial charge in [-0.15, -0.1) is 0 Å². The van der Waals surface area contributed by atoms with Gasteiger partial charge in [0.25, 0.3) is 0 Å². The van der Waals surface area contributed by atoms with Crippen LogP contribution < -0.4 is 10.1 Å². The SMILES string of the molecule is CCOc1c(Cl)cc(Cl)cc1CNCCC1=CCCCC1. The molecule has 0 amide bonds. The lowest BCUT2D eigenvalue weighted by Crippen LogP contribution is -2.16. The Kier molecular flexibility index (Phi) is 6.88. The van der Waals surface area contributed by atoms with Crippen molar-refractivity contribution in [1.82, 2.24) is 5.32 Å². The standard InChI is InChI=1S/C17H23Cl2NO/c1-2-21-17-14(10-15(18)11-16(17)19)12-20-9-8-13-6-4-3-5-7-13/h6,10-11,20H,2-5,7-9,12H2,1H3. The van der Waals surface area contributed by atoms with Crippen molar-refractivity contribution < 1.29 is 4.74 Å². The lowest BCUT2D eigenvalue weighted by molar-refractivity contribution is 0.335. The minimum atomic E-state index is 0.580. The summed E-state index contributed by atoms with van der Waals surface area (Å²) in [5.41, 5.74) is 2.61. The molecule has 0 heterocycles. The molecule has 0 fully saturated rings. The van der Waals surface area contributed by atoms with E-state index in [2.05, 4.69) is 11.4 Å². The van der Waals surface area contributed by atoms with Crippen LogP contribution in [0.5, 0.6) is 5.75 Å². The molecule has 2 rings (SSSR count). The molecule has 1 aliphatic carbocycles. The van der Waals surface area contributed by atoms with Crippen LogP contribution in [-0.4, -0.2) is 13.2 Å². The van der Waals surface area contributed by atoms with Crippen molar-refractivity contribution >= 4 is 23.2 Å². The average Bonchev–Trinajstić information content (AvgIpc) is 2.48. The molecule has 2 nitrogen and oxygen atoms in total. The normalized spacial score (nSPS) is 14.9. The van der Waals surface area contributed by atoms with Crippen LogP contribution in [0, 0.1) is 0 Å². The van der Waals surface area contributed by atoms with Gasteiger partial charge < -0.3 is 10.1 Å². The first kappa shape index (κ1) is 16.7. The van der Waals surface area contributed by atoms with E-state index in [0.29, 0.717) is 16.7 Å². The predicted octanol–water partition coefficient (Wildman–Crippen LogP) is 5.37. The van der Waals surface area contributed by atoms with E-state index in [0.717, 1.165) is 30.8 Å². The van der Waals surface area contributed by atoms with Gasteiger partial charge in [0.2, 0.25) is 0 Å². The Morgan fingerprint density at radius 3 is 2.81 bits per heavy atom. The van der Waals surface area contributed by atoms with E-state index < -0.39 is 0 Å². The smallest absolute Gasteiger partial charge is 0.142 e. The molecule has 21 heavy (non-hydrogen) atoms. The Bertz CT molecular complexity index is 500. The zero-order valence-electron chi connectivity index (χ0n) is 12.6. The third-order valence-corrected chi connectivity index (χ3v) is 4.20. The number of halogens is 2. The lowest BCUT2D eigenvalue weighted by Gasteiger charge is -2.15. The first-order chi connectivity index (χ1) is 10.2. The summed E-state index contributed by atoms with van der Waals surface area (Å²) in [7, 11) is 0. The Labute approximate surface area is 137 Å². The fourth-order valence-corrected chi connectivity index (χ4v) is 3.24. The summed E-state index contributed by atoms with van der Waals surface area (Å²) < 4.78 is 5.63. The first-order valence-corrected chi connectivity index (χ1v) is 8.45. The third kappa shape index (κ3) is 5.21. The minimum Gasteiger partial charge on any atom is -0.492 e. The van der Waals surface area contributed by atoms with Crippen LogP contribution >= 0.6 is 23.2 Å². The molecule has 0 aromatic heterocycles. The van der Waals surface area contributed by atoms with E-state index >= 15 is 0 Å². The van der Waals surface area contributed by atoms with Gasteiger partial charge >= 0.3 is 0 Å². The fourth-order valence-electron chi connectivity index (χ4n) is 2.65. The monoisotopic (exact) mass is 327 g/mol. The largest absolute Gasteiger partial charge is 0.492 e. The van der Waals surface area contributed by atoms with Gasteiger partial charge in [-0.1, -0.05) is 34.9 Å². The molecular weight excluding hydrogens is 305 g/mol. The number of ether oxygens (including phenoxy) is 1. The Morgan fingerprint density at radius 2 is 2.10 bits per heavy atom. The number of hydrogen-bond donors (Lipinski definition) is 1. The van der Waals surface area contributed by atoms with Crippen LogP contribution in [0.3, 0.4) is 0 Å². The van der Waals surface area contributed by atoms with E-state index in [-0.39, 0.29) is 0 Å². The highest BCUT2D eigenvalue weighted by Crippen LogP contribution is 2.32. The molecule has 0 aliphatic heterocycles. The molecule has 0 atom stereocenters. The highest BCUT2D eigenvalue weighted by molar-refractivity contribution is 6.35. The van der Waals surface area contributed by atoms with E-state index in [1.54, 1.807) is 11.6 Å². The van der Waals surface area contributed by atoms with Gasteiger partial charge in [-0.2, -0.15) is 0 Å². The molecular formula is C17H23Cl2NO. The second kappa shape index (κ2) is 8.67. The van der Waals surface area contributed by atoms with Crippen LogP contribution in [0.25, 0.3) is 0 Å². The van der Waals surface area contributed by atoms with E-state index in [4.69, 9.17) is 27.9 Å². The fraction of sp³-hybridized carbons (Fsp3) is 0.529. The van der Waals surface area contributed by atoms with Gasteiger partial charge in [0, 0.05) is 17.1 Å². The van der Waals surface area contributed by atoms with Crippen molar-refractivity contribution in [2.75, 3.05) is 13.2 Å². The van der Waals surface area contributed by atoms with Crippen molar-refractivity contribution in [3.05, 3.63) is 39.4 Å². The average molecular weight is 328 g/mol. The zero-order valence-corrected chi connectivity index (χ0v) is 14.1. The zero-order chi connectivity index (χ0) is 15.1. The van der Waals surface area contributed by atoms with Gasteiger partial charge in [0.15, 0.2) is 0 Å². The van der Waals surface area contributed by atoms with Gasteiger partial charge in [0.05, 0.1) is 11.6 Å². The number of rotatable bonds is 7. The number of allylic oxidation sites excluding steroid dienone is 1. The maximum absolute atomic E-state index is 6.20. The van der Waals surface area contributed by atoms with Gasteiger partial charge in [-0.3, -0.25) is 0 Å². The molecule has 0 saturated carbocycles. The van der Waals surface area contributed by atoms with Gasteiger partial charge in [-0.05, 0) is 57.7 Å². The summed E-state index contributed by atoms with van der Waals surface area (Å²) in [5.74, 6) is 0.743. The molecule has 0 unspecified atom stereocenters. The number of hydrogen-bond acceptors (Lipinski definition) is 2. The Morgan fingerprint density at radius 1 is 1.24 bits per heavy atom. The molecule has 1 aromatic rings. The van der Waals surface area contributed by atoms with Crippen LogP contribution in [0.15, 0.2) is 23.8 Å². The Hall–Kier alpha value is -0.700. The summed E-state index contributed by atoms with van der Waals surface area (Å²) >= 11 is 12.3. The van der Waals surface area contributed by atoms with Crippen molar-refractivity contribution in [2.45, 2.75) is 45.6 Å².